The summed E-state index contributed by atoms with van der Waals surface area (Å²) in [5, 5.41) is 7.19. The molecule has 21 heavy (non-hydrogen) atoms. The maximum atomic E-state index is 11.8. The van der Waals surface area contributed by atoms with Crippen LogP contribution < -0.4 is 10.6 Å². The van der Waals surface area contributed by atoms with E-state index in [1.807, 2.05) is 30.4 Å². The lowest BCUT2D eigenvalue weighted by molar-refractivity contribution is -0.121. The van der Waals surface area contributed by atoms with Gasteiger partial charge in [-0.25, -0.2) is 4.98 Å². The third kappa shape index (κ3) is 4.03. The molecule has 1 aliphatic rings. The summed E-state index contributed by atoms with van der Waals surface area (Å²) >= 11 is 1.73. The van der Waals surface area contributed by atoms with Crippen LogP contribution >= 0.6 is 23.7 Å². The highest BCUT2D eigenvalue weighted by molar-refractivity contribution is 7.18. The molecule has 0 fully saturated rings. The van der Waals surface area contributed by atoms with Crippen molar-refractivity contribution in [1.29, 1.82) is 0 Å². The van der Waals surface area contributed by atoms with Gasteiger partial charge < -0.3 is 5.32 Å². The van der Waals surface area contributed by atoms with Gasteiger partial charge in [0, 0.05) is 19.5 Å². The van der Waals surface area contributed by atoms with E-state index in [1.54, 1.807) is 11.3 Å². The summed E-state index contributed by atoms with van der Waals surface area (Å²) < 4.78 is 1.23. The Kier molecular flexibility index (Phi) is 5.73. The van der Waals surface area contributed by atoms with E-state index >= 15 is 0 Å². The first-order valence-electron chi connectivity index (χ1n) is 6.85. The smallest absolute Gasteiger partial charge is 0.241 e. The minimum Gasteiger partial charge on any atom is -0.354 e. The summed E-state index contributed by atoms with van der Waals surface area (Å²) in [4.78, 5) is 16.3. The zero-order chi connectivity index (χ0) is 13.8. The van der Waals surface area contributed by atoms with Crippen molar-refractivity contribution in [2.75, 3.05) is 13.1 Å². The molecule has 1 aromatic carbocycles. The van der Waals surface area contributed by atoms with Crippen LogP contribution in [-0.2, 0) is 11.2 Å². The van der Waals surface area contributed by atoms with Crippen LogP contribution in [-0.4, -0.2) is 30.0 Å². The summed E-state index contributed by atoms with van der Waals surface area (Å²) in [7, 11) is 0. The summed E-state index contributed by atoms with van der Waals surface area (Å²) in [5.41, 5.74) is 1.07. The quantitative estimate of drug-likeness (QED) is 0.656. The first kappa shape index (κ1) is 15.9. The van der Waals surface area contributed by atoms with Gasteiger partial charge in [-0.05, 0) is 18.6 Å². The Hall–Kier alpha value is -1.43. The first-order valence-corrected chi connectivity index (χ1v) is 7.67. The second kappa shape index (κ2) is 7.54. The fraction of sp³-hybridized carbons (Fsp3) is 0.333. The van der Waals surface area contributed by atoms with E-state index in [1.165, 1.54) is 4.70 Å². The number of thiazole rings is 1. The van der Waals surface area contributed by atoms with Gasteiger partial charge in [0.25, 0.3) is 0 Å². The van der Waals surface area contributed by atoms with Gasteiger partial charge in [-0.15, -0.1) is 23.7 Å². The van der Waals surface area contributed by atoms with Crippen LogP contribution in [0.1, 0.15) is 11.4 Å². The number of carbonyl (C=O) groups is 1. The molecule has 2 heterocycles. The minimum atomic E-state index is -0.155. The Morgan fingerprint density at radius 3 is 3.05 bits per heavy atom. The number of aromatic nitrogens is 1. The van der Waals surface area contributed by atoms with E-state index in [2.05, 4.69) is 21.7 Å². The van der Waals surface area contributed by atoms with E-state index in [0.717, 1.165) is 29.9 Å². The first-order chi connectivity index (χ1) is 9.83. The molecule has 6 heteroatoms. The van der Waals surface area contributed by atoms with E-state index in [9.17, 15) is 4.79 Å². The Bertz CT molecular complexity index is 608. The molecule has 4 nitrogen and oxygen atoms in total. The maximum absolute atomic E-state index is 11.8. The number of halogens is 1. The van der Waals surface area contributed by atoms with E-state index < -0.39 is 0 Å². The third-order valence-corrected chi connectivity index (χ3v) is 4.37. The maximum Gasteiger partial charge on any atom is 0.241 e. The molecule has 0 spiro atoms. The monoisotopic (exact) mass is 323 g/mol. The summed E-state index contributed by atoms with van der Waals surface area (Å²) in [5.74, 6) is 0.0584. The lowest BCUT2D eigenvalue weighted by Gasteiger charge is -2.09. The van der Waals surface area contributed by atoms with Crippen LogP contribution in [0.25, 0.3) is 10.2 Å². The molecule has 1 amide bonds. The van der Waals surface area contributed by atoms with Crippen molar-refractivity contribution in [1.82, 2.24) is 15.6 Å². The van der Waals surface area contributed by atoms with Crippen LogP contribution in [0, 0.1) is 0 Å². The molecule has 0 radical (unpaired) electrons. The molecule has 0 saturated carbocycles. The van der Waals surface area contributed by atoms with Crippen LogP contribution in [0.2, 0.25) is 0 Å². The predicted molar refractivity (Wildman–Crippen MR) is 89.1 cm³/mol. The highest BCUT2D eigenvalue weighted by Gasteiger charge is 2.16. The Morgan fingerprint density at radius 1 is 1.43 bits per heavy atom. The third-order valence-electron chi connectivity index (χ3n) is 3.27. The molecule has 0 aliphatic carbocycles. The van der Waals surface area contributed by atoms with Gasteiger partial charge in [0.05, 0.1) is 15.2 Å². The summed E-state index contributed by atoms with van der Waals surface area (Å²) in [6.45, 7) is 1.48. The van der Waals surface area contributed by atoms with Crippen molar-refractivity contribution in [2.24, 2.45) is 0 Å². The van der Waals surface area contributed by atoms with Crippen molar-refractivity contribution in [2.45, 2.75) is 18.9 Å². The molecule has 1 atom stereocenters. The number of aryl methyl sites for hydroxylation is 1. The Morgan fingerprint density at radius 2 is 2.29 bits per heavy atom. The van der Waals surface area contributed by atoms with Crippen molar-refractivity contribution in [3.63, 3.8) is 0 Å². The van der Waals surface area contributed by atoms with Crippen LogP contribution in [0.4, 0.5) is 0 Å². The van der Waals surface area contributed by atoms with E-state index in [4.69, 9.17) is 0 Å². The number of amides is 1. The van der Waals surface area contributed by atoms with Gasteiger partial charge in [0.15, 0.2) is 0 Å². The van der Waals surface area contributed by atoms with Gasteiger partial charge in [0.1, 0.15) is 6.04 Å². The predicted octanol–water partition coefficient (Wildman–Crippen LogP) is 2.29. The second-order valence-corrected chi connectivity index (χ2v) is 5.90. The molecule has 2 N–H and O–H groups in total. The van der Waals surface area contributed by atoms with Crippen molar-refractivity contribution in [3.05, 3.63) is 41.4 Å². The normalized spacial score (nSPS) is 16.9. The largest absolute Gasteiger partial charge is 0.354 e. The molecule has 0 bridgehead atoms. The average Bonchev–Trinajstić information content (AvgIpc) is 3.11. The van der Waals surface area contributed by atoms with Crippen molar-refractivity contribution < 1.29 is 4.79 Å². The zero-order valence-electron chi connectivity index (χ0n) is 11.5. The highest BCUT2D eigenvalue weighted by atomic mass is 35.5. The lowest BCUT2D eigenvalue weighted by atomic mass is 10.2. The number of hydrogen-bond donors (Lipinski definition) is 2. The fourth-order valence-corrected chi connectivity index (χ4v) is 3.24. The lowest BCUT2D eigenvalue weighted by Crippen LogP contribution is -2.40. The molecule has 112 valence electrons. The summed E-state index contributed by atoms with van der Waals surface area (Å²) in [6.07, 6.45) is 5.71. The Balaban J connectivity index is 0.00000161. The molecular formula is C15H18ClN3OS. The molecule has 1 aromatic heterocycles. The van der Waals surface area contributed by atoms with E-state index in [-0.39, 0.29) is 24.4 Å². The number of hydrogen-bond acceptors (Lipinski definition) is 4. The molecule has 1 unspecified atom stereocenters. The SMILES string of the molecule is Cl.O=C(NCCCc1nc2ccccc2s1)C1C=CCN1. The second-order valence-electron chi connectivity index (χ2n) is 4.78. The average molecular weight is 324 g/mol. The number of benzene rings is 1. The zero-order valence-corrected chi connectivity index (χ0v) is 13.2. The van der Waals surface area contributed by atoms with Gasteiger partial charge in [-0.2, -0.15) is 0 Å². The van der Waals surface area contributed by atoms with E-state index in [0.29, 0.717) is 6.54 Å². The molecule has 2 aromatic rings. The highest BCUT2D eigenvalue weighted by Crippen LogP contribution is 2.22. The fourth-order valence-electron chi connectivity index (χ4n) is 2.24. The molecule has 3 rings (SSSR count). The Labute approximate surface area is 134 Å². The number of carbonyl (C=O) groups excluding carboxylic acids is 1. The van der Waals surface area contributed by atoms with Crippen LogP contribution in [0.3, 0.4) is 0 Å². The van der Waals surface area contributed by atoms with Gasteiger partial charge >= 0.3 is 0 Å². The van der Waals surface area contributed by atoms with Gasteiger partial charge in [-0.3, -0.25) is 10.1 Å². The van der Waals surface area contributed by atoms with Crippen LogP contribution in [0.5, 0.6) is 0 Å². The number of nitrogens with one attached hydrogen (secondary N) is 2. The standard InChI is InChI=1S/C15H17N3OS.ClH/c19-15(12-6-3-9-16-12)17-10-4-8-14-18-11-5-1-2-7-13(11)20-14;/h1-3,5-7,12,16H,4,8-10H2,(H,17,19);1H. The summed E-state index contributed by atoms with van der Waals surface area (Å²) in [6, 6.07) is 8.02. The van der Waals surface area contributed by atoms with Gasteiger partial charge in [-0.1, -0.05) is 24.3 Å². The minimum absolute atomic E-state index is 0. The number of rotatable bonds is 5. The van der Waals surface area contributed by atoms with Crippen LogP contribution in [0.15, 0.2) is 36.4 Å². The topological polar surface area (TPSA) is 54.0 Å². The molecular weight excluding hydrogens is 306 g/mol. The number of para-hydroxylation sites is 1. The molecule has 0 saturated heterocycles. The molecule has 1 aliphatic heterocycles. The number of fused-ring (bicyclic) bond motifs is 1. The van der Waals surface area contributed by atoms with Crippen molar-refractivity contribution in [3.8, 4) is 0 Å². The van der Waals surface area contributed by atoms with Gasteiger partial charge in [0.2, 0.25) is 5.91 Å². The number of nitrogens with zero attached hydrogens (tertiary/aromatic N) is 1. The van der Waals surface area contributed by atoms with Crippen molar-refractivity contribution >= 4 is 39.9 Å².